The van der Waals surface area contributed by atoms with Crippen molar-refractivity contribution in [2.75, 3.05) is 0 Å². The third-order valence-corrected chi connectivity index (χ3v) is 7.08. The number of hydrogen-bond acceptors (Lipinski definition) is 4. The Balaban J connectivity index is 1.97. The van der Waals surface area contributed by atoms with Crippen molar-refractivity contribution >= 4 is 31.6 Å². The highest BCUT2D eigenvalue weighted by Crippen LogP contribution is 2.26. The molecule has 0 aliphatic carbocycles. The SMILES string of the molecule is CCCn1c(=O)sc2cc(S(=O)(=O)N[C@@H](CC)c3ccccc3C)ccc21. The lowest BCUT2D eigenvalue weighted by molar-refractivity contribution is 0.549. The van der Waals surface area contributed by atoms with Crippen molar-refractivity contribution in [1.82, 2.24) is 9.29 Å². The topological polar surface area (TPSA) is 68.2 Å². The van der Waals surface area contributed by atoms with Crippen LogP contribution in [0.4, 0.5) is 0 Å². The Bertz CT molecular complexity index is 1110. The lowest BCUT2D eigenvalue weighted by Gasteiger charge is -2.19. The normalized spacial score (nSPS) is 13.1. The van der Waals surface area contributed by atoms with E-state index in [0.29, 0.717) is 17.7 Å². The summed E-state index contributed by atoms with van der Waals surface area (Å²) in [5, 5.41) is 0. The number of thiazole rings is 1. The fourth-order valence-electron chi connectivity index (χ4n) is 3.25. The molecule has 2 aromatic carbocycles. The second-order valence-electron chi connectivity index (χ2n) is 6.59. The number of fused-ring (bicyclic) bond motifs is 1. The van der Waals surface area contributed by atoms with Crippen LogP contribution < -0.4 is 9.60 Å². The fourth-order valence-corrected chi connectivity index (χ4v) is 5.60. The number of hydrogen-bond donors (Lipinski definition) is 1. The molecule has 1 atom stereocenters. The van der Waals surface area contributed by atoms with Gasteiger partial charge in [0.2, 0.25) is 10.0 Å². The minimum Gasteiger partial charge on any atom is -0.299 e. The molecular weight excluding hydrogens is 380 g/mol. The van der Waals surface area contributed by atoms with Crippen LogP contribution in [0.5, 0.6) is 0 Å². The van der Waals surface area contributed by atoms with Crippen molar-refractivity contribution < 1.29 is 8.42 Å². The minimum absolute atomic E-state index is 0.0549. The molecule has 0 saturated carbocycles. The Labute approximate surface area is 163 Å². The Morgan fingerprint density at radius 2 is 1.89 bits per heavy atom. The second-order valence-corrected chi connectivity index (χ2v) is 9.30. The second kappa shape index (κ2) is 7.96. The lowest BCUT2D eigenvalue weighted by Crippen LogP contribution is -2.28. The summed E-state index contributed by atoms with van der Waals surface area (Å²) < 4.78 is 31.1. The largest absolute Gasteiger partial charge is 0.308 e. The van der Waals surface area contributed by atoms with Crippen LogP contribution in [-0.2, 0) is 16.6 Å². The Morgan fingerprint density at radius 1 is 1.15 bits per heavy atom. The average Bonchev–Trinajstić information content (AvgIpc) is 2.95. The van der Waals surface area contributed by atoms with Crippen LogP contribution in [0.25, 0.3) is 10.2 Å². The van der Waals surface area contributed by atoms with Gasteiger partial charge in [0.25, 0.3) is 0 Å². The predicted octanol–water partition coefficient (Wildman–Crippen LogP) is 4.21. The number of aromatic nitrogens is 1. The van der Waals surface area contributed by atoms with Crippen LogP contribution in [-0.4, -0.2) is 13.0 Å². The molecule has 0 aliphatic rings. The maximum Gasteiger partial charge on any atom is 0.308 e. The molecule has 144 valence electrons. The van der Waals surface area contributed by atoms with Crippen molar-refractivity contribution in [1.29, 1.82) is 0 Å². The van der Waals surface area contributed by atoms with Gasteiger partial charge in [-0.15, -0.1) is 0 Å². The number of aryl methyl sites for hydroxylation is 2. The van der Waals surface area contributed by atoms with Crippen LogP contribution in [0.1, 0.15) is 43.9 Å². The average molecular weight is 405 g/mol. The number of benzene rings is 2. The summed E-state index contributed by atoms with van der Waals surface area (Å²) in [6.45, 7) is 6.58. The van der Waals surface area contributed by atoms with E-state index in [0.717, 1.165) is 34.4 Å². The molecule has 3 rings (SSSR count). The molecule has 0 unspecified atom stereocenters. The third-order valence-electron chi connectivity index (χ3n) is 4.67. The molecule has 0 radical (unpaired) electrons. The minimum atomic E-state index is -3.70. The van der Waals surface area contributed by atoms with E-state index in [4.69, 9.17) is 0 Å². The summed E-state index contributed by atoms with van der Waals surface area (Å²) in [5.74, 6) is 0. The predicted molar refractivity (Wildman–Crippen MR) is 111 cm³/mol. The number of nitrogens with zero attached hydrogens (tertiary/aromatic N) is 1. The number of sulfonamides is 1. The van der Waals surface area contributed by atoms with Gasteiger partial charge in [0.15, 0.2) is 0 Å². The van der Waals surface area contributed by atoms with Gasteiger partial charge in [0, 0.05) is 12.6 Å². The third kappa shape index (κ3) is 4.00. The van der Waals surface area contributed by atoms with E-state index in [1.165, 1.54) is 0 Å². The highest BCUT2D eigenvalue weighted by molar-refractivity contribution is 7.89. The zero-order valence-electron chi connectivity index (χ0n) is 15.7. The van der Waals surface area contributed by atoms with Gasteiger partial charge in [-0.25, -0.2) is 13.1 Å². The van der Waals surface area contributed by atoms with Gasteiger partial charge in [-0.05, 0) is 49.1 Å². The van der Waals surface area contributed by atoms with Gasteiger partial charge in [-0.2, -0.15) is 0 Å². The first-order chi connectivity index (χ1) is 12.9. The van der Waals surface area contributed by atoms with Gasteiger partial charge < -0.3 is 0 Å². The van der Waals surface area contributed by atoms with E-state index in [9.17, 15) is 13.2 Å². The quantitative estimate of drug-likeness (QED) is 0.641. The molecule has 27 heavy (non-hydrogen) atoms. The van der Waals surface area contributed by atoms with Crippen molar-refractivity contribution in [2.24, 2.45) is 0 Å². The van der Waals surface area contributed by atoms with Crippen LogP contribution in [0.3, 0.4) is 0 Å². The van der Waals surface area contributed by atoms with E-state index >= 15 is 0 Å². The van der Waals surface area contributed by atoms with Gasteiger partial charge in [0.1, 0.15) is 0 Å². The smallest absolute Gasteiger partial charge is 0.299 e. The summed E-state index contributed by atoms with van der Waals surface area (Å²) in [6.07, 6.45) is 1.49. The van der Waals surface area contributed by atoms with Crippen LogP contribution >= 0.6 is 11.3 Å². The van der Waals surface area contributed by atoms with Gasteiger partial charge in [-0.1, -0.05) is 49.4 Å². The highest BCUT2D eigenvalue weighted by Gasteiger charge is 2.22. The van der Waals surface area contributed by atoms with Gasteiger partial charge in [-0.3, -0.25) is 9.36 Å². The molecule has 1 N–H and O–H groups in total. The van der Waals surface area contributed by atoms with Crippen molar-refractivity contribution in [3.8, 4) is 0 Å². The molecule has 3 aromatic rings. The summed E-state index contributed by atoms with van der Waals surface area (Å²) >= 11 is 1.09. The summed E-state index contributed by atoms with van der Waals surface area (Å²) in [5.41, 5.74) is 2.82. The standard InChI is InChI=1S/C20H24N2O3S2/c1-4-12-22-18-11-10-15(13-19(18)26-20(22)23)27(24,25)21-17(5-2)16-9-7-6-8-14(16)3/h6-11,13,17,21H,4-5,12H2,1-3H3/t17-/m0/s1. The summed E-state index contributed by atoms with van der Waals surface area (Å²) in [4.78, 5) is 12.3. The maximum atomic E-state index is 13.0. The molecular formula is C20H24N2O3S2. The van der Waals surface area contributed by atoms with Gasteiger partial charge >= 0.3 is 4.87 Å². The first-order valence-corrected chi connectivity index (χ1v) is 11.4. The fraction of sp³-hybridized carbons (Fsp3) is 0.350. The van der Waals surface area contributed by atoms with Crippen LogP contribution in [0.2, 0.25) is 0 Å². The maximum absolute atomic E-state index is 13.0. The van der Waals surface area contributed by atoms with E-state index in [1.807, 2.05) is 45.0 Å². The Kier molecular flexibility index (Phi) is 5.83. The van der Waals surface area contributed by atoms with E-state index in [-0.39, 0.29) is 15.8 Å². The lowest BCUT2D eigenvalue weighted by atomic mass is 10.0. The Hall–Kier alpha value is -1.96. The van der Waals surface area contributed by atoms with Crippen LogP contribution in [0, 0.1) is 6.92 Å². The zero-order valence-corrected chi connectivity index (χ0v) is 17.4. The first-order valence-electron chi connectivity index (χ1n) is 9.08. The number of nitrogens with one attached hydrogen (secondary N) is 1. The summed E-state index contributed by atoms with van der Waals surface area (Å²) in [7, 11) is -3.70. The van der Waals surface area contributed by atoms with E-state index in [2.05, 4.69) is 4.72 Å². The molecule has 1 aromatic heterocycles. The molecule has 0 spiro atoms. The van der Waals surface area contributed by atoms with E-state index in [1.54, 1.807) is 22.8 Å². The molecule has 0 bridgehead atoms. The van der Waals surface area contributed by atoms with Crippen molar-refractivity contribution in [2.45, 2.75) is 51.1 Å². The van der Waals surface area contributed by atoms with E-state index < -0.39 is 10.0 Å². The molecule has 5 nitrogen and oxygen atoms in total. The van der Waals surface area contributed by atoms with Crippen molar-refractivity contribution in [3.05, 3.63) is 63.3 Å². The molecule has 7 heteroatoms. The molecule has 0 amide bonds. The Morgan fingerprint density at radius 3 is 2.56 bits per heavy atom. The van der Waals surface area contributed by atoms with Gasteiger partial charge in [0.05, 0.1) is 15.1 Å². The van der Waals surface area contributed by atoms with Crippen LogP contribution in [0.15, 0.2) is 52.2 Å². The molecule has 1 heterocycles. The number of rotatable bonds is 7. The van der Waals surface area contributed by atoms with Crippen molar-refractivity contribution in [3.63, 3.8) is 0 Å². The highest BCUT2D eigenvalue weighted by atomic mass is 32.2. The zero-order chi connectivity index (χ0) is 19.6. The monoisotopic (exact) mass is 404 g/mol. The molecule has 0 saturated heterocycles. The molecule has 0 aliphatic heterocycles. The first kappa shape index (κ1) is 19.8. The molecule has 0 fully saturated rings. The summed E-state index contributed by atoms with van der Waals surface area (Å²) in [6, 6.07) is 12.4.